The first-order chi connectivity index (χ1) is 13.0. The molecule has 1 aromatic rings. The topological polar surface area (TPSA) is 76.7 Å². The van der Waals surface area contributed by atoms with E-state index in [1.165, 1.54) is 0 Å². The molecule has 1 aromatic carbocycles. The number of ether oxygens (including phenoxy) is 2. The van der Waals surface area contributed by atoms with E-state index in [9.17, 15) is 9.59 Å². The maximum Gasteiger partial charge on any atom is 0.223 e. The molecular weight excluding hydrogens is 344 g/mol. The SMILES string of the molecule is CC[C@H]1C/C=C\C[C@H](c2ccc(OC)cc2OC)NC(=O)[C@H](C)CC(=O)N1. The van der Waals surface area contributed by atoms with E-state index in [1.807, 2.05) is 25.1 Å². The second-order valence-electron chi connectivity index (χ2n) is 6.89. The molecule has 27 heavy (non-hydrogen) atoms. The average molecular weight is 374 g/mol. The Bertz CT molecular complexity index is 687. The van der Waals surface area contributed by atoms with E-state index < -0.39 is 5.92 Å². The van der Waals surface area contributed by atoms with Crippen LogP contribution < -0.4 is 20.1 Å². The van der Waals surface area contributed by atoms with Gasteiger partial charge in [-0.3, -0.25) is 9.59 Å². The molecule has 2 amide bonds. The lowest BCUT2D eigenvalue weighted by Crippen LogP contribution is -2.39. The lowest BCUT2D eigenvalue weighted by Gasteiger charge is -2.24. The number of carbonyl (C=O) groups excluding carboxylic acids is 2. The van der Waals surface area contributed by atoms with Crippen molar-refractivity contribution in [2.75, 3.05) is 14.2 Å². The maximum absolute atomic E-state index is 12.7. The van der Waals surface area contributed by atoms with E-state index in [1.54, 1.807) is 21.1 Å². The summed E-state index contributed by atoms with van der Waals surface area (Å²) in [6, 6.07) is 5.44. The van der Waals surface area contributed by atoms with Crippen molar-refractivity contribution in [3.05, 3.63) is 35.9 Å². The van der Waals surface area contributed by atoms with E-state index >= 15 is 0 Å². The Morgan fingerprint density at radius 3 is 2.48 bits per heavy atom. The highest BCUT2D eigenvalue weighted by Gasteiger charge is 2.24. The molecule has 0 fully saturated rings. The van der Waals surface area contributed by atoms with Crippen LogP contribution in [0.25, 0.3) is 0 Å². The minimum atomic E-state index is -0.405. The number of nitrogens with one attached hydrogen (secondary N) is 2. The molecular formula is C21H30N2O4. The highest BCUT2D eigenvalue weighted by atomic mass is 16.5. The maximum atomic E-state index is 12.7. The molecule has 0 aromatic heterocycles. The van der Waals surface area contributed by atoms with Crippen molar-refractivity contribution in [1.29, 1.82) is 0 Å². The average Bonchev–Trinajstić information content (AvgIpc) is 2.67. The third-order valence-corrected chi connectivity index (χ3v) is 4.89. The normalized spacial score (nSPS) is 25.4. The number of rotatable bonds is 4. The van der Waals surface area contributed by atoms with Crippen LogP contribution in [0, 0.1) is 5.92 Å². The predicted octanol–water partition coefficient (Wildman–Crippen LogP) is 3.13. The molecule has 3 atom stereocenters. The molecule has 1 aliphatic rings. The lowest BCUT2D eigenvalue weighted by molar-refractivity contribution is -0.130. The first-order valence-corrected chi connectivity index (χ1v) is 9.45. The molecule has 1 heterocycles. The van der Waals surface area contributed by atoms with Crippen molar-refractivity contribution in [1.82, 2.24) is 10.6 Å². The van der Waals surface area contributed by atoms with Crippen LogP contribution in [0.1, 0.15) is 51.1 Å². The van der Waals surface area contributed by atoms with Crippen molar-refractivity contribution < 1.29 is 19.1 Å². The van der Waals surface area contributed by atoms with Crippen LogP contribution >= 0.6 is 0 Å². The van der Waals surface area contributed by atoms with Crippen molar-refractivity contribution in [2.24, 2.45) is 5.92 Å². The van der Waals surface area contributed by atoms with Gasteiger partial charge in [0.05, 0.1) is 20.3 Å². The van der Waals surface area contributed by atoms with Gasteiger partial charge in [0.2, 0.25) is 11.8 Å². The lowest BCUT2D eigenvalue weighted by atomic mass is 9.98. The van der Waals surface area contributed by atoms with Crippen LogP contribution in [0.2, 0.25) is 0 Å². The number of carbonyl (C=O) groups is 2. The second-order valence-corrected chi connectivity index (χ2v) is 6.89. The minimum absolute atomic E-state index is 0.0861. The number of benzene rings is 1. The molecule has 148 valence electrons. The van der Waals surface area contributed by atoms with Gasteiger partial charge in [-0.2, -0.15) is 0 Å². The molecule has 0 bridgehead atoms. The van der Waals surface area contributed by atoms with Gasteiger partial charge in [-0.25, -0.2) is 0 Å². The number of hydrogen-bond acceptors (Lipinski definition) is 4. The molecule has 6 nitrogen and oxygen atoms in total. The smallest absolute Gasteiger partial charge is 0.223 e. The van der Waals surface area contributed by atoms with Gasteiger partial charge in [0.15, 0.2) is 0 Å². The van der Waals surface area contributed by atoms with Gasteiger partial charge in [0.1, 0.15) is 11.5 Å². The molecule has 0 unspecified atom stereocenters. The number of amides is 2. The first kappa shape index (κ1) is 20.8. The molecule has 2 N–H and O–H groups in total. The Labute approximate surface area is 161 Å². The zero-order chi connectivity index (χ0) is 19.8. The summed E-state index contributed by atoms with van der Waals surface area (Å²) in [6.07, 6.45) is 6.57. The standard InChI is InChI=1S/C21H30N2O4/c1-5-15-8-6-7-9-18(23-21(25)14(2)12-20(24)22-15)17-11-10-16(26-3)13-19(17)27-4/h6-7,10-11,13-15,18H,5,8-9,12H2,1-4H3,(H,22,24)(H,23,25)/b7-6-/t14-,15+,18-/m1/s1. The van der Waals surface area contributed by atoms with Crippen LogP contribution in [0.5, 0.6) is 11.5 Å². The third-order valence-electron chi connectivity index (χ3n) is 4.89. The summed E-state index contributed by atoms with van der Waals surface area (Å²) in [5.74, 6) is 0.725. The van der Waals surface area contributed by atoms with Crippen LogP contribution in [-0.4, -0.2) is 32.1 Å². The molecule has 0 saturated carbocycles. The fraction of sp³-hybridized carbons (Fsp3) is 0.524. The number of methoxy groups -OCH3 is 2. The van der Waals surface area contributed by atoms with Crippen LogP contribution in [0.3, 0.4) is 0 Å². The molecule has 0 spiro atoms. The molecule has 0 radical (unpaired) electrons. The van der Waals surface area contributed by atoms with Gasteiger partial charge >= 0.3 is 0 Å². The van der Waals surface area contributed by atoms with Crippen molar-refractivity contribution in [3.8, 4) is 11.5 Å². The van der Waals surface area contributed by atoms with Gasteiger partial charge in [-0.1, -0.05) is 26.0 Å². The fourth-order valence-corrected chi connectivity index (χ4v) is 3.16. The highest BCUT2D eigenvalue weighted by Crippen LogP contribution is 2.31. The zero-order valence-electron chi connectivity index (χ0n) is 16.6. The van der Waals surface area contributed by atoms with Gasteiger partial charge < -0.3 is 20.1 Å². The summed E-state index contributed by atoms with van der Waals surface area (Å²) in [5, 5.41) is 6.07. The van der Waals surface area contributed by atoms with Gasteiger partial charge in [0.25, 0.3) is 0 Å². The summed E-state index contributed by atoms with van der Waals surface area (Å²) in [7, 11) is 3.20. The van der Waals surface area contributed by atoms with Crippen LogP contribution in [0.15, 0.2) is 30.4 Å². The van der Waals surface area contributed by atoms with Crippen molar-refractivity contribution in [2.45, 2.75) is 51.6 Å². The summed E-state index contributed by atoms with van der Waals surface area (Å²) < 4.78 is 10.8. The first-order valence-electron chi connectivity index (χ1n) is 9.45. The summed E-state index contributed by atoms with van der Waals surface area (Å²) >= 11 is 0. The number of hydrogen-bond donors (Lipinski definition) is 2. The van der Waals surface area contributed by atoms with E-state index in [2.05, 4.69) is 22.8 Å². The monoisotopic (exact) mass is 374 g/mol. The molecule has 1 aliphatic heterocycles. The summed E-state index contributed by atoms with van der Waals surface area (Å²) in [5.41, 5.74) is 0.886. The van der Waals surface area contributed by atoms with Gasteiger partial charge in [-0.15, -0.1) is 0 Å². The Kier molecular flexibility index (Phi) is 7.70. The van der Waals surface area contributed by atoms with E-state index in [0.29, 0.717) is 17.9 Å². The van der Waals surface area contributed by atoms with Gasteiger partial charge in [-0.05, 0) is 31.4 Å². The van der Waals surface area contributed by atoms with Crippen molar-refractivity contribution in [3.63, 3.8) is 0 Å². The van der Waals surface area contributed by atoms with Crippen LogP contribution in [0.4, 0.5) is 0 Å². The van der Waals surface area contributed by atoms with Crippen LogP contribution in [-0.2, 0) is 9.59 Å². The Hall–Kier alpha value is -2.50. The summed E-state index contributed by atoms with van der Waals surface area (Å²) in [6.45, 7) is 3.82. The molecule has 2 rings (SSSR count). The van der Waals surface area contributed by atoms with Gasteiger partial charge in [0, 0.05) is 30.0 Å². The second kappa shape index (κ2) is 10.00. The minimum Gasteiger partial charge on any atom is -0.497 e. The predicted molar refractivity (Wildman–Crippen MR) is 105 cm³/mol. The zero-order valence-corrected chi connectivity index (χ0v) is 16.6. The third kappa shape index (κ3) is 5.74. The quantitative estimate of drug-likeness (QED) is 0.794. The summed E-state index contributed by atoms with van der Waals surface area (Å²) in [4.78, 5) is 24.9. The Morgan fingerprint density at radius 2 is 1.81 bits per heavy atom. The molecule has 0 aliphatic carbocycles. The van der Waals surface area contributed by atoms with E-state index in [0.717, 1.165) is 18.4 Å². The molecule has 6 heteroatoms. The van der Waals surface area contributed by atoms with Crippen molar-refractivity contribution >= 4 is 11.8 Å². The Morgan fingerprint density at radius 1 is 1.07 bits per heavy atom. The van der Waals surface area contributed by atoms with E-state index in [4.69, 9.17) is 9.47 Å². The van der Waals surface area contributed by atoms with E-state index in [-0.39, 0.29) is 30.3 Å². The Balaban J connectivity index is 2.31. The highest BCUT2D eigenvalue weighted by molar-refractivity contribution is 5.86. The largest absolute Gasteiger partial charge is 0.497 e. The fourth-order valence-electron chi connectivity index (χ4n) is 3.16. The molecule has 0 saturated heterocycles.